The predicted molar refractivity (Wildman–Crippen MR) is 131 cm³/mol. The average molecular weight is 491 g/mol. The molecule has 1 aliphatic rings. The van der Waals surface area contributed by atoms with E-state index >= 15 is 0 Å². The van der Waals surface area contributed by atoms with Crippen LogP contribution in [-0.2, 0) is 29.1 Å². The van der Waals surface area contributed by atoms with Gasteiger partial charge in [0.15, 0.2) is 11.5 Å². The molecule has 0 radical (unpaired) electrons. The van der Waals surface area contributed by atoms with E-state index in [1.807, 2.05) is 54.6 Å². The first-order valence-corrected chi connectivity index (χ1v) is 11.3. The molecule has 3 aromatic rings. The molecule has 0 saturated heterocycles. The van der Waals surface area contributed by atoms with Crippen molar-refractivity contribution in [1.29, 1.82) is 0 Å². The Balaban J connectivity index is 1.75. The molecule has 3 aromatic carbocycles. The smallest absolute Gasteiger partial charge is 0.331 e. The third-order valence-corrected chi connectivity index (χ3v) is 6.39. The summed E-state index contributed by atoms with van der Waals surface area (Å²) < 4.78 is 16.2. The molecule has 0 aliphatic carbocycles. The molecule has 1 unspecified atom stereocenters. The lowest BCUT2D eigenvalue weighted by atomic mass is 9.83. The van der Waals surface area contributed by atoms with Crippen LogP contribution < -0.4 is 9.47 Å². The molecule has 1 atom stereocenters. The number of carbonyl (C=O) groups is 2. The predicted octanol–water partition coefficient (Wildman–Crippen LogP) is 4.31. The summed E-state index contributed by atoms with van der Waals surface area (Å²) >= 11 is 0. The standard InChI is InChI=1S/C27H26N2O7/c1-27(26(31)35-3)15-19-11-7-8-12-20(19)16-28(27)25(30)21-13-23(34-2)24(14-22(21)29(32)33)36-17-18-9-5-4-6-10-18/h4-14H,15-17H2,1-3H3. The quantitative estimate of drug-likeness (QED) is 0.276. The highest BCUT2D eigenvalue weighted by atomic mass is 16.6. The van der Waals surface area contributed by atoms with Gasteiger partial charge in [0, 0.05) is 19.0 Å². The molecule has 1 aliphatic heterocycles. The third kappa shape index (κ3) is 4.59. The number of ether oxygens (including phenoxy) is 3. The lowest BCUT2D eigenvalue weighted by Gasteiger charge is -2.43. The van der Waals surface area contributed by atoms with Crippen LogP contribution in [0.3, 0.4) is 0 Å². The number of nitro benzene ring substituents is 1. The summed E-state index contributed by atoms with van der Waals surface area (Å²) in [4.78, 5) is 39.4. The Hall–Kier alpha value is -4.40. The minimum Gasteiger partial charge on any atom is -0.493 e. The van der Waals surface area contributed by atoms with Crippen molar-refractivity contribution in [2.24, 2.45) is 0 Å². The Kier molecular flexibility index (Phi) is 6.91. The van der Waals surface area contributed by atoms with Crippen LogP contribution in [0.2, 0.25) is 0 Å². The van der Waals surface area contributed by atoms with Crippen molar-refractivity contribution in [2.75, 3.05) is 14.2 Å². The van der Waals surface area contributed by atoms with Crippen molar-refractivity contribution in [1.82, 2.24) is 4.90 Å². The fourth-order valence-corrected chi connectivity index (χ4v) is 4.42. The number of rotatable bonds is 7. The highest BCUT2D eigenvalue weighted by Crippen LogP contribution is 2.39. The molecule has 1 amide bonds. The van der Waals surface area contributed by atoms with Crippen molar-refractivity contribution in [3.8, 4) is 11.5 Å². The van der Waals surface area contributed by atoms with Crippen LogP contribution in [0.15, 0.2) is 66.7 Å². The fraction of sp³-hybridized carbons (Fsp3) is 0.259. The summed E-state index contributed by atoms with van der Waals surface area (Å²) in [7, 11) is 2.64. The van der Waals surface area contributed by atoms with Gasteiger partial charge in [-0.05, 0) is 23.6 Å². The second kappa shape index (κ2) is 10.1. The van der Waals surface area contributed by atoms with Crippen LogP contribution in [0.1, 0.15) is 34.0 Å². The van der Waals surface area contributed by atoms with Gasteiger partial charge in [-0.25, -0.2) is 4.79 Å². The SMILES string of the molecule is COC(=O)C1(C)Cc2ccccc2CN1C(=O)c1cc(OC)c(OCc2ccccc2)cc1[N+](=O)[O-]. The maximum atomic E-state index is 13.8. The van der Waals surface area contributed by atoms with Gasteiger partial charge in [0.2, 0.25) is 0 Å². The largest absolute Gasteiger partial charge is 0.493 e. The van der Waals surface area contributed by atoms with E-state index in [9.17, 15) is 19.7 Å². The van der Waals surface area contributed by atoms with E-state index in [4.69, 9.17) is 14.2 Å². The van der Waals surface area contributed by atoms with Gasteiger partial charge in [0.05, 0.1) is 25.2 Å². The summed E-state index contributed by atoms with van der Waals surface area (Å²) in [6.45, 7) is 1.85. The molecular formula is C27H26N2O7. The van der Waals surface area contributed by atoms with E-state index in [0.717, 1.165) is 16.7 Å². The molecule has 186 valence electrons. The number of carbonyl (C=O) groups excluding carboxylic acids is 2. The van der Waals surface area contributed by atoms with Crippen molar-refractivity contribution in [2.45, 2.75) is 32.0 Å². The minimum atomic E-state index is -1.36. The number of nitrogens with zero attached hydrogens (tertiary/aromatic N) is 2. The molecule has 1 heterocycles. The van der Waals surface area contributed by atoms with Gasteiger partial charge in [0.1, 0.15) is 17.7 Å². The number of nitro groups is 1. The first-order chi connectivity index (χ1) is 17.3. The van der Waals surface area contributed by atoms with Gasteiger partial charge in [0.25, 0.3) is 11.6 Å². The fourth-order valence-electron chi connectivity index (χ4n) is 4.42. The van der Waals surface area contributed by atoms with Gasteiger partial charge in [-0.2, -0.15) is 0 Å². The van der Waals surface area contributed by atoms with Crippen LogP contribution in [0.5, 0.6) is 11.5 Å². The molecule has 0 saturated carbocycles. The highest BCUT2D eigenvalue weighted by Gasteiger charge is 2.48. The molecule has 9 nitrogen and oxygen atoms in total. The highest BCUT2D eigenvalue weighted by molar-refractivity contribution is 6.02. The summed E-state index contributed by atoms with van der Waals surface area (Å²) in [6, 6.07) is 19.2. The van der Waals surface area contributed by atoms with Crippen LogP contribution in [0.4, 0.5) is 5.69 Å². The number of benzene rings is 3. The number of methoxy groups -OCH3 is 2. The van der Waals surface area contributed by atoms with E-state index < -0.39 is 28.0 Å². The maximum Gasteiger partial charge on any atom is 0.331 e. The lowest BCUT2D eigenvalue weighted by molar-refractivity contribution is -0.385. The molecular weight excluding hydrogens is 464 g/mol. The Bertz CT molecular complexity index is 1310. The summed E-state index contributed by atoms with van der Waals surface area (Å²) in [5.41, 5.74) is 0.608. The number of fused-ring (bicyclic) bond motifs is 1. The molecule has 0 N–H and O–H groups in total. The van der Waals surface area contributed by atoms with Crippen molar-refractivity contribution >= 4 is 17.6 Å². The van der Waals surface area contributed by atoms with Gasteiger partial charge >= 0.3 is 5.97 Å². The number of hydrogen-bond donors (Lipinski definition) is 0. The van der Waals surface area contributed by atoms with Gasteiger partial charge in [-0.15, -0.1) is 0 Å². The van der Waals surface area contributed by atoms with E-state index in [2.05, 4.69) is 0 Å². The normalized spacial score (nSPS) is 16.6. The van der Waals surface area contributed by atoms with Gasteiger partial charge < -0.3 is 19.1 Å². The second-order valence-corrected chi connectivity index (χ2v) is 8.65. The number of amides is 1. The van der Waals surface area contributed by atoms with E-state index in [1.54, 1.807) is 6.92 Å². The number of hydrogen-bond acceptors (Lipinski definition) is 7. The molecule has 0 spiro atoms. The Morgan fingerprint density at radius 1 is 1.00 bits per heavy atom. The molecule has 0 aromatic heterocycles. The first kappa shape index (κ1) is 24.7. The Morgan fingerprint density at radius 2 is 1.67 bits per heavy atom. The van der Waals surface area contributed by atoms with Crippen LogP contribution in [0, 0.1) is 10.1 Å². The van der Waals surface area contributed by atoms with Crippen molar-refractivity contribution in [3.05, 3.63) is 99.1 Å². The van der Waals surface area contributed by atoms with E-state index in [-0.39, 0.29) is 36.6 Å². The monoisotopic (exact) mass is 490 g/mol. The molecule has 0 bridgehead atoms. The summed E-state index contributed by atoms with van der Waals surface area (Å²) in [5, 5.41) is 12.0. The molecule has 9 heteroatoms. The van der Waals surface area contributed by atoms with Crippen LogP contribution in [0.25, 0.3) is 0 Å². The zero-order valence-corrected chi connectivity index (χ0v) is 20.2. The molecule has 0 fully saturated rings. The van der Waals surface area contributed by atoms with E-state index in [1.165, 1.54) is 31.3 Å². The van der Waals surface area contributed by atoms with Gasteiger partial charge in [-0.1, -0.05) is 54.6 Å². The third-order valence-electron chi connectivity index (χ3n) is 6.39. The second-order valence-electron chi connectivity index (χ2n) is 8.65. The zero-order chi connectivity index (χ0) is 25.9. The summed E-state index contributed by atoms with van der Waals surface area (Å²) in [5.74, 6) is -0.999. The average Bonchev–Trinajstić information content (AvgIpc) is 2.90. The van der Waals surface area contributed by atoms with Crippen molar-refractivity contribution < 1.29 is 28.7 Å². The number of esters is 1. The maximum absolute atomic E-state index is 13.8. The minimum absolute atomic E-state index is 0.0896. The topological polar surface area (TPSA) is 108 Å². The van der Waals surface area contributed by atoms with Crippen molar-refractivity contribution in [3.63, 3.8) is 0 Å². The molecule has 36 heavy (non-hydrogen) atoms. The van der Waals surface area contributed by atoms with Crippen LogP contribution in [-0.4, -0.2) is 41.5 Å². The Morgan fingerprint density at radius 3 is 2.31 bits per heavy atom. The van der Waals surface area contributed by atoms with E-state index in [0.29, 0.717) is 0 Å². The molecule has 4 rings (SSSR count). The lowest BCUT2D eigenvalue weighted by Crippen LogP contribution is -2.58. The first-order valence-electron chi connectivity index (χ1n) is 11.3. The summed E-state index contributed by atoms with van der Waals surface area (Å²) in [6.07, 6.45) is 0.213. The van der Waals surface area contributed by atoms with Gasteiger partial charge in [-0.3, -0.25) is 14.9 Å². The zero-order valence-electron chi connectivity index (χ0n) is 20.2. The van der Waals surface area contributed by atoms with Crippen LogP contribution >= 0.6 is 0 Å². The Labute approximate surface area is 208 Å².